The third-order valence-electron chi connectivity index (χ3n) is 4.79. The van der Waals surface area contributed by atoms with Crippen molar-refractivity contribution in [3.8, 4) is 12.3 Å². The number of carbonyl (C=O) groups is 3. The molecule has 1 spiro atoms. The Kier molecular flexibility index (Phi) is 2.69. The van der Waals surface area contributed by atoms with Crippen LogP contribution in [0.5, 0.6) is 0 Å². The Labute approximate surface area is 122 Å². The summed E-state index contributed by atoms with van der Waals surface area (Å²) in [5.41, 5.74) is -2.34. The molecular weight excluding hydrogens is 268 g/mol. The molecule has 106 valence electrons. The summed E-state index contributed by atoms with van der Waals surface area (Å²) < 4.78 is 0. The molecule has 0 radical (unpaired) electrons. The number of carbonyl (C=O) groups excluding carboxylic acids is 3. The maximum absolute atomic E-state index is 12.8. The molecule has 0 saturated heterocycles. The third kappa shape index (κ3) is 1.42. The molecule has 0 bridgehead atoms. The van der Waals surface area contributed by atoms with Crippen LogP contribution in [0.3, 0.4) is 0 Å². The van der Waals surface area contributed by atoms with Crippen molar-refractivity contribution in [3.63, 3.8) is 0 Å². The SMILES string of the molecule is C#CC[C@]1(C)C(=O)C[C@@]2(C(=O)c3ccccc3[C@@H]2O)C1=O. The first-order valence-corrected chi connectivity index (χ1v) is 6.73. The molecule has 0 aliphatic heterocycles. The zero-order chi connectivity index (χ0) is 15.4. The van der Waals surface area contributed by atoms with Crippen molar-refractivity contribution in [1.29, 1.82) is 0 Å². The Morgan fingerprint density at radius 3 is 2.62 bits per heavy atom. The largest absolute Gasteiger partial charge is 0.387 e. The van der Waals surface area contributed by atoms with E-state index in [2.05, 4.69) is 5.92 Å². The summed E-state index contributed by atoms with van der Waals surface area (Å²) in [6.07, 6.45) is 3.64. The first kappa shape index (κ1) is 13.7. The number of aliphatic hydroxyl groups is 1. The smallest absolute Gasteiger partial charge is 0.180 e. The average Bonchev–Trinajstić information content (AvgIpc) is 2.81. The van der Waals surface area contributed by atoms with Crippen LogP contribution in [0.15, 0.2) is 24.3 Å². The summed E-state index contributed by atoms with van der Waals surface area (Å²) in [5.74, 6) is 0.947. The lowest BCUT2D eigenvalue weighted by atomic mass is 9.73. The van der Waals surface area contributed by atoms with Gasteiger partial charge in [0, 0.05) is 18.4 Å². The minimum Gasteiger partial charge on any atom is -0.387 e. The van der Waals surface area contributed by atoms with Gasteiger partial charge in [0.2, 0.25) is 0 Å². The van der Waals surface area contributed by atoms with Crippen LogP contribution in [0.2, 0.25) is 0 Å². The summed E-state index contributed by atoms with van der Waals surface area (Å²) in [6, 6.07) is 6.55. The first-order valence-electron chi connectivity index (χ1n) is 6.73. The maximum Gasteiger partial charge on any atom is 0.180 e. The van der Waals surface area contributed by atoms with Crippen LogP contribution in [0, 0.1) is 23.2 Å². The van der Waals surface area contributed by atoms with Crippen LogP contribution >= 0.6 is 0 Å². The van der Waals surface area contributed by atoms with Crippen molar-refractivity contribution in [2.45, 2.75) is 25.9 Å². The summed E-state index contributed by atoms with van der Waals surface area (Å²) in [7, 11) is 0. The molecule has 0 amide bonds. The van der Waals surface area contributed by atoms with Gasteiger partial charge in [0.25, 0.3) is 0 Å². The molecule has 3 atom stereocenters. The van der Waals surface area contributed by atoms with Gasteiger partial charge in [-0.05, 0) is 12.5 Å². The molecule has 1 aromatic rings. The molecule has 2 aliphatic carbocycles. The van der Waals surface area contributed by atoms with E-state index >= 15 is 0 Å². The Bertz CT molecular complexity index is 727. The second kappa shape index (κ2) is 4.12. The highest BCUT2D eigenvalue weighted by molar-refractivity contribution is 6.29. The maximum atomic E-state index is 12.8. The van der Waals surface area contributed by atoms with Gasteiger partial charge < -0.3 is 5.11 Å². The van der Waals surface area contributed by atoms with E-state index in [1.165, 1.54) is 6.92 Å². The minimum atomic E-state index is -1.69. The first-order chi connectivity index (χ1) is 9.89. The number of terminal acetylenes is 1. The molecule has 0 unspecified atom stereocenters. The van der Waals surface area contributed by atoms with E-state index in [1.54, 1.807) is 24.3 Å². The van der Waals surface area contributed by atoms with Crippen molar-refractivity contribution in [2.75, 3.05) is 0 Å². The molecule has 21 heavy (non-hydrogen) atoms. The van der Waals surface area contributed by atoms with Gasteiger partial charge in [0.1, 0.15) is 17.3 Å². The van der Waals surface area contributed by atoms with Gasteiger partial charge >= 0.3 is 0 Å². The lowest BCUT2D eigenvalue weighted by Crippen LogP contribution is -2.41. The number of benzene rings is 1. The van der Waals surface area contributed by atoms with Crippen molar-refractivity contribution in [3.05, 3.63) is 35.4 Å². The number of aliphatic hydroxyl groups excluding tert-OH is 1. The second-order valence-corrected chi connectivity index (χ2v) is 5.93. The molecule has 1 fully saturated rings. The number of fused-ring (bicyclic) bond motifs is 1. The summed E-state index contributed by atoms with van der Waals surface area (Å²) in [6.45, 7) is 1.47. The van der Waals surface area contributed by atoms with E-state index in [-0.39, 0.29) is 18.6 Å². The fraction of sp³-hybridized carbons (Fsp3) is 0.353. The summed E-state index contributed by atoms with van der Waals surface area (Å²) in [4.78, 5) is 37.9. The molecule has 1 saturated carbocycles. The standard InChI is InChI=1S/C17H14O4/c1-3-8-16(2)12(18)9-17(15(16)21)13(19)10-6-4-5-7-11(10)14(17)20/h1,4-7,13,19H,8-9H2,2H3/t13-,16+,17+/m0/s1. The zero-order valence-corrected chi connectivity index (χ0v) is 11.6. The monoisotopic (exact) mass is 282 g/mol. The van der Waals surface area contributed by atoms with Gasteiger partial charge in [0.05, 0.1) is 5.41 Å². The van der Waals surface area contributed by atoms with E-state index < -0.39 is 28.5 Å². The van der Waals surface area contributed by atoms with Crippen LogP contribution in [0.1, 0.15) is 41.8 Å². The topological polar surface area (TPSA) is 71.4 Å². The molecule has 0 aromatic heterocycles. The Hall–Kier alpha value is -2.25. The molecule has 1 N–H and O–H groups in total. The third-order valence-corrected chi connectivity index (χ3v) is 4.79. The number of Topliss-reactive ketones (excluding diaryl/α,β-unsaturated/α-hetero) is 3. The lowest BCUT2D eigenvalue weighted by molar-refractivity contribution is -0.137. The highest BCUT2D eigenvalue weighted by Crippen LogP contribution is 2.57. The molecule has 3 rings (SSSR count). The van der Waals surface area contributed by atoms with Crippen molar-refractivity contribution in [1.82, 2.24) is 0 Å². The lowest BCUT2D eigenvalue weighted by Gasteiger charge is -2.26. The van der Waals surface area contributed by atoms with E-state index in [0.717, 1.165) is 0 Å². The van der Waals surface area contributed by atoms with Crippen LogP contribution in [-0.4, -0.2) is 22.5 Å². The van der Waals surface area contributed by atoms with Gasteiger partial charge in [-0.15, -0.1) is 12.3 Å². The van der Waals surface area contributed by atoms with Crippen molar-refractivity contribution >= 4 is 17.3 Å². The van der Waals surface area contributed by atoms with E-state index in [0.29, 0.717) is 11.1 Å². The summed E-state index contributed by atoms with van der Waals surface area (Å²) >= 11 is 0. The van der Waals surface area contributed by atoms with Crippen molar-refractivity contribution in [2.24, 2.45) is 10.8 Å². The molecule has 0 heterocycles. The summed E-state index contributed by atoms with van der Waals surface area (Å²) in [5, 5.41) is 10.5. The fourth-order valence-corrected chi connectivity index (χ4v) is 3.51. The van der Waals surface area contributed by atoms with E-state index in [1.807, 2.05) is 0 Å². The highest BCUT2D eigenvalue weighted by Gasteiger charge is 2.68. The van der Waals surface area contributed by atoms with Gasteiger partial charge in [-0.25, -0.2) is 0 Å². The van der Waals surface area contributed by atoms with Crippen LogP contribution < -0.4 is 0 Å². The number of hydrogen-bond donors (Lipinski definition) is 1. The average molecular weight is 282 g/mol. The van der Waals surface area contributed by atoms with Gasteiger partial charge in [-0.3, -0.25) is 14.4 Å². The second-order valence-electron chi connectivity index (χ2n) is 5.93. The molecule has 1 aromatic carbocycles. The molecule has 4 nitrogen and oxygen atoms in total. The normalized spacial score (nSPS) is 34.3. The number of rotatable bonds is 1. The van der Waals surface area contributed by atoms with Crippen LogP contribution in [0.4, 0.5) is 0 Å². The van der Waals surface area contributed by atoms with Gasteiger partial charge in [-0.1, -0.05) is 24.3 Å². The van der Waals surface area contributed by atoms with Gasteiger partial charge in [-0.2, -0.15) is 0 Å². The predicted molar refractivity (Wildman–Crippen MR) is 74.4 cm³/mol. The quantitative estimate of drug-likeness (QED) is 0.625. The highest BCUT2D eigenvalue weighted by atomic mass is 16.3. The molecule has 2 aliphatic rings. The van der Waals surface area contributed by atoms with E-state index in [9.17, 15) is 19.5 Å². The van der Waals surface area contributed by atoms with Crippen LogP contribution in [-0.2, 0) is 9.59 Å². The Morgan fingerprint density at radius 2 is 2.00 bits per heavy atom. The number of ketones is 3. The Balaban J connectivity index is 2.18. The van der Waals surface area contributed by atoms with Gasteiger partial charge in [0.15, 0.2) is 11.6 Å². The predicted octanol–water partition coefficient (Wildman–Crippen LogP) is 1.47. The minimum absolute atomic E-state index is 0.0528. The zero-order valence-electron chi connectivity index (χ0n) is 11.6. The fourth-order valence-electron chi connectivity index (χ4n) is 3.51. The Morgan fingerprint density at radius 1 is 1.33 bits per heavy atom. The van der Waals surface area contributed by atoms with Crippen molar-refractivity contribution < 1.29 is 19.5 Å². The van der Waals surface area contributed by atoms with E-state index in [4.69, 9.17) is 6.42 Å². The number of hydrogen-bond acceptors (Lipinski definition) is 4. The molecular formula is C17H14O4. The van der Waals surface area contributed by atoms with Crippen LogP contribution in [0.25, 0.3) is 0 Å². The molecule has 4 heteroatoms.